The van der Waals surface area contributed by atoms with Crippen molar-refractivity contribution in [1.82, 2.24) is 9.97 Å². The van der Waals surface area contributed by atoms with E-state index in [2.05, 4.69) is 42.9 Å². The quantitative estimate of drug-likeness (QED) is 0.364. The molecule has 0 spiro atoms. The standard InChI is InChI=1S/C21H21ClN2OS/c1-4-18-12-20(25-19-9-14(2)8-15(3)10-19)24-21(23-18)26-13-16-6-5-7-17(22)11-16/h5-12H,4,13H2,1-3H3. The largest absolute Gasteiger partial charge is 0.439 e. The van der Waals surface area contributed by atoms with Crippen molar-refractivity contribution in [2.24, 2.45) is 0 Å². The van der Waals surface area contributed by atoms with Crippen LogP contribution in [-0.2, 0) is 12.2 Å². The Hall–Kier alpha value is -2.04. The van der Waals surface area contributed by atoms with Crippen LogP contribution in [0.1, 0.15) is 29.3 Å². The lowest BCUT2D eigenvalue weighted by Crippen LogP contribution is -1.98. The Bertz CT molecular complexity index is 894. The Balaban J connectivity index is 1.79. The van der Waals surface area contributed by atoms with E-state index < -0.39 is 0 Å². The Kier molecular flexibility index (Phi) is 6.17. The van der Waals surface area contributed by atoms with E-state index in [9.17, 15) is 0 Å². The topological polar surface area (TPSA) is 35.0 Å². The molecule has 0 unspecified atom stereocenters. The van der Waals surface area contributed by atoms with E-state index in [1.165, 1.54) is 11.1 Å². The molecule has 0 saturated heterocycles. The predicted octanol–water partition coefficient (Wildman–Crippen LogP) is 6.39. The summed E-state index contributed by atoms with van der Waals surface area (Å²) in [5.74, 6) is 2.14. The minimum atomic E-state index is 0.579. The van der Waals surface area contributed by atoms with Crippen LogP contribution in [0.15, 0.2) is 53.7 Å². The highest BCUT2D eigenvalue weighted by atomic mass is 35.5. The second kappa shape index (κ2) is 8.56. The third-order valence-electron chi connectivity index (χ3n) is 3.77. The van der Waals surface area contributed by atoms with E-state index in [0.29, 0.717) is 11.0 Å². The first-order chi connectivity index (χ1) is 12.5. The van der Waals surface area contributed by atoms with Crippen LogP contribution in [0.4, 0.5) is 0 Å². The monoisotopic (exact) mass is 384 g/mol. The number of hydrogen-bond donors (Lipinski definition) is 0. The molecule has 0 bridgehead atoms. The number of rotatable bonds is 6. The van der Waals surface area contributed by atoms with Gasteiger partial charge in [-0.15, -0.1) is 0 Å². The van der Waals surface area contributed by atoms with Crippen molar-refractivity contribution in [3.05, 3.63) is 75.9 Å². The number of aromatic nitrogens is 2. The molecule has 3 aromatic rings. The van der Waals surface area contributed by atoms with Crippen molar-refractivity contribution < 1.29 is 4.74 Å². The number of halogens is 1. The second-order valence-electron chi connectivity index (χ2n) is 6.18. The summed E-state index contributed by atoms with van der Waals surface area (Å²) in [5, 5.41) is 1.45. The van der Waals surface area contributed by atoms with Gasteiger partial charge in [0, 0.05) is 22.5 Å². The molecule has 0 saturated carbocycles. The number of aryl methyl sites for hydroxylation is 3. The Morgan fingerprint density at radius 1 is 1.00 bits per heavy atom. The van der Waals surface area contributed by atoms with Crippen molar-refractivity contribution in [3.63, 3.8) is 0 Å². The van der Waals surface area contributed by atoms with Gasteiger partial charge in [-0.2, -0.15) is 4.98 Å². The van der Waals surface area contributed by atoms with Crippen molar-refractivity contribution in [3.8, 4) is 11.6 Å². The number of thioether (sulfide) groups is 1. The third kappa shape index (κ3) is 5.23. The number of nitrogens with zero attached hydrogens (tertiary/aromatic N) is 2. The van der Waals surface area contributed by atoms with Gasteiger partial charge in [0.2, 0.25) is 5.88 Å². The Morgan fingerprint density at radius 2 is 1.77 bits per heavy atom. The molecule has 0 atom stereocenters. The lowest BCUT2D eigenvalue weighted by atomic mass is 10.1. The van der Waals surface area contributed by atoms with E-state index in [-0.39, 0.29) is 0 Å². The average Bonchev–Trinajstić information content (AvgIpc) is 2.59. The molecule has 0 amide bonds. The summed E-state index contributed by atoms with van der Waals surface area (Å²) in [4.78, 5) is 9.18. The molecule has 1 aromatic heterocycles. The maximum Gasteiger partial charge on any atom is 0.223 e. The summed E-state index contributed by atoms with van der Waals surface area (Å²) >= 11 is 7.64. The van der Waals surface area contributed by atoms with Gasteiger partial charge >= 0.3 is 0 Å². The molecule has 0 fully saturated rings. The van der Waals surface area contributed by atoms with E-state index in [1.807, 2.05) is 36.4 Å². The van der Waals surface area contributed by atoms with Crippen molar-refractivity contribution >= 4 is 23.4 Å². The third-order valence-corrected chi connectivity index (χ3v) is 4.93. The highest BCUT2D eigenvalue weighted by Gasteiger charge is 2.08. The molecular weight excluding hydrogens is 364 g/mol. The first-order valence-corrected chi connectivity index (χ1v) is 9.89. The van der Waals surface area contributed by atoms with E-state index >= 15 is 0 Å². The van der Waals surface area contributed by atoms with Crippen molar-refractivity contribution in [2.45, 2.75) is 38.1 Å². The van der Waals surface area contributed by atoms with Gasteiger partial charge in [0.05, 0.1) is 0 Å². The highest BCUT2D eigenvalue weighted by Crippen LogP contribution is 2.27. The second-order valence-corrected chi connectivity index (χ2v) is 7.56. The van der Waals surface area contributed by atoms with Crippen LogP contribution < -0.4 is 4.74 Å². The molecule has 3 nitrogen and oxygen atoms in total. The minimum Gasteiger partial charge on any atom is -0.439 e. The molecule has 0 aliphatic rings. The highest BCUT2D eigenvalue weighted by molar-refractivity contribution is 7.98. The molecule has 3 rings (SSSR count). The number of ether oxygens (including phenoxy) is 1. The summed E-state index contributed by atoms with van der Waals surface area (Å²) in [6.45, 7) is 6.20. The summed E-state index contributed by atoms with van der Waals surface area (Å²) in [6.07, 6.45) is 0.830. The molecule has 26 heavy (non-hydrogen) atoms. The van der Waals surface area contributed by atoms with Crippen LogP contribution in [0.3, 0.4) is 0 Å². The van der Waals surface area contributed by atoms with Crippen LogP contribution in [0.2, 0.25) is 5.02 Å². The van der Waals surface area contributed by atoms with Crippen molar-refractivity contribution in [1.29, 1.82) is 0 Å². The van der Waals surface area contributed by atoms with Crippen molar-refractivity contribution in [2.75, 3.05) is 0 Å². The van der Waals surface area contributed by atoms with Gasteiger partial charge in [0.15, 0.2) is 5.16 Å². The maximum atomic E-state index is 6.05. The van der Waals surface area contributed by atoms with E-state index in [0.717, 1.165) is 34.2 Å². The molecule has 134 valence electrons. The Morgan fingerprint density at radius 3 is 2.46 bits per heavy atom. The number of benzene rings is 2. The van der Waals surface area contributed by atoms with E-state index in [4.69, 9.17) is 16.3 Å². The van der Waals surface area contributed by atoms with Crippen LogP contribution in [0.5, 0.6) is 11.6 Å². The normalized spacial score (nSPS) is 10.8. The van der Waals surface area contributed by atoms with Crippen LogP contribution in [0, 0.1) is 13.8 Å². The molecule has 2 aromatic carbocycles. The molecule has 0 aliphatic carbocycles. The first-order valence-electron chi connectivity index (χ1n) is 8.53. The summed E-state index contributed by atoms with van der Waals surface area (Å²) in [6, 6.07) is 15.9. The maximum absolute atomic E-state index is 6.05. The smallest absolute Gasteiger partial charge is 0.223 e. The zero-order valence-electron chi connectivity index (χ0n) is 15.1. The zero-order chi connectivity index (χ0) is 18.5. The van der Waals surface area contributed by atoms with Crippen LogP contribution in [-0.4, -0.2) is 9.97 Å². The fourth-order valence-corrected chi connectivity index (χ4v) is 3.66. The molecular formula is C21H21ClN2OS. The Labute approximate surface area is 163 Å². The molecule has 1 heterocycles. The molecule has 0 N–H and O–H groups in total. The van der Waals surface area contributed by atoms with Gasteiger partial charge in [-0.05, 0) is 61.2 Å². The fraction of sp³-hybridized carbons (Fsp3) is 0.238. The van der Waals surface area contributed by atoms with Gasteiger partial charge in [0.1, 0.15) is 5.75 Å². The number of hydrogen-bond acceptors (Lipinski definition) is 4. The summed E-state index contributed by atoms with van der Waals surface area (Å²) in [7, 11) is 0. The average molecular weight is 385 g/mol. The van der Waals surface area contributed by atoms with Gasteiger partial charge in [-0.1, -0.05) is 48.5 Å². The predicted molar refractivity (Wildman–Crippen MR) is 108 cm³/mol. The van der Waals surface area contributed by atoms with Gasteiger partial charge < -0.3 is 4.74 Å². The fourth-order valence-electron chi connectivity index (χ4n) is 2.63. The van der Waals surface area contributed by atoms with Gasteiger partial charge in [0.25, 0.3) is 0 Å². The minimum absolute atomic E-state index is 0.579. The lowest BCUT2D eigenvalue weighted by Gasteiger charge is -2.10. The lowest BCUT2D eigenvalue weighted by molar-refractivity contribution is 0.453. The molecule has 5 heteroatoms. The van der Waals surface area contributed by atoms with Crippen LogP contribution >= 0.6 is 23.4 Å². The zero-order valence-corrected chi connectivity index (χ0v) is 16.7. The molecule has 0 aliphatic heterocycles. The van der Waals surface area contributed by atoms with E-state index in [1.54, 1.807) is 11.8 Å². The first kappa shape index (κ1) is 18.7. The molecule has 0 radical (unpaired) electrons. The van der Waals surface area contributed by atoms with Gasteiger partial charge in [-0.3, -0.25) is 0 Å². The SMILES string of the molecule is CCc1cc(Oc2cc(C)cc(C)c2)nc(SCc2cccc(Cl)c2)n1. The van der Waals surface area contributed by atoms with Crippen LogP contribution in [0.25, 0.3) is 0 Å². The van der Waals surface area contributed by atoms with Gasteiger partial charge in [-0.25, -0.2) is 4.98 Å². The summed E-state index contributed by atoms with van der Waals surface area (Å²) in [5.41, 5.74) is 4.44. The summed E-state index contributed by atoms with van der Waals surface area (Å²) < 4.78 is 6.01.